The summed E-state index contributed by atoms with van der Waals surface area (Å²) >= 11 is 11.7. The highest BCUT2D eigenvalue weighted by atomic mass is 35.5. The first-order chi connectivity index (χ1) is 8.70. The molecule has 8 heteroatoms. The van der Waals surface area contributed by atoms with Gasteiger partial charge in [-0.15, -0.1) is 0 Å². The van der Waals surface area contributed by atoms with E-state index in [0.717, 1.165) is 0 Å². The van der Waals surface area contributed by atoms with Crippen LogP contribution in [0.25, 0.3) is 0 Å². The lowest BCUT2D eigenvalue weighted by Crippen LogP contribution is -2.33. The first-order valence-corrected chi connectivity index (χ1v) is 7.91. The summed E-state index contributed by atoms with van der Waals surface area (Å²) in [7, 11) is -3.58. The Morgan fingerprint density at radius 2 is 2.00 bits per heavy atom. The molecule has 1 aromatic carbocycles. The molecule has 3 N–H and O–H groups in total. The molecule has 0 fully saturated rings. The largest absolute Gasteiger partial charge is 0.355 e. The van der Waals surface area contributed by atoms with Crippen molar-refractivity contribution in [2.75, 3.05) is 12.3 Å². The lowest BCUT2D eigenvalue weighted by atomic mass is 10.0. The van der Waals surface area contributed by atoms with Crippen LogP contribution in [0.1, 0.15) is 18.4 Å². The number of hydrogen-bond acceptors (Lipinski definition) is 3. The third kappa shape index (κ3) is 5.36. The summed E-state index contributed by atoms with van der Waals surface area (Å²) < 4.78 is 21.5. The lowest BCUT2D eigenvalue weighted by Gasteiger charge is -2.13. The van der Waals surface area contributed by atoms with Crippen LogP contribution in [0.2, 0.25) is 10.0 Å². The summed E-state index contributed by atoms with van der Waals surface area (Å²) in [5, 5.41) is 8.11. The summed E-state index contributed by atoms with van der Waals surface area (Å²) in [6, 6.07) is 4.90. The number of nitrogens with two attached hydrogens (primary N) is 1. The first kappa shape index (κ1) is 16.2. The number of benzene rings is 1. The predicted octanol–water partition coefficient (Wildman–Crippen LogP) is 1.50. The minimum Gasteiger partial charge on any atom is -0.355 e. The Bertz CT molecular complexity index is 575. The molecule has 0 heterocycles. The van der Waals surface area contributed by atoms with Crippen molar-refractivity contribution in [2.45, 2.75) is 12.8 Å². The number of rotatable bonds is 5. The Morgan fingerprint density at radius 3 is 2.53 bits per heavy atom. The third-order valence-electron chi connectivity index (χ3n) is 2.52. The first-order valence-electron chi connectivity index (χ1n) is 5.44. The minimum absolute atomic E-state index is 0.0245. The summed E-state index contributed by atoms with van der Waals surface area (Å²) in [6.45, 7) is 1.66. The summed E-state index contributed by atoms with van der Waals surface area (Å²) in [6.07, 6.45) is 0. The molecule has 1 amide bonds. The van der Waals surface area contributed by atoms with Gasteiger partial charge in [0.15, 0.2) is 0 Å². The summed E-state index contributed by atoms with van der Waals surface area (Å²) in [5.41, 5.74) is 0.697. The van der Waals surface area contributed by atoms with Crippen molar-refractivity contribution in [3.8, 4) is 0 Å². The number of nitrogens with one attached hydrogen (secondary N) is 1. The zero-order valence-electron chi connectivity index (χ0n) is 10.2. The zero-order valence-corrected chi connectivity index (χ0v) is 12.5. The third-order valence-corrected chi connectivity index (χ3v) is 4.03. The van der Waals surface area contributed by atoms with Crippen molar-refractivity contribution >= 4 is 39.1 Å². The van der Waals surface area contributed by atoms with Crippen molar-refractivity contribution in [3.05, 3.63) is 33.8 Å². The Hall–Kier alpha value is -0.820. The number of carbonyl (C=O) groups is 1. The average molecular weight is 325 g/mol. The van der Waals surface area contributed by atoms with Gasteiger partial charge >= 0.3 is 0 Å². The van der Waals surface area contributed by atoms with Gasteiger partial charge in [0.25, 0.3) is 0 Å². The van der Waals surface area contributed by atoms with Crippen LogP contribution in [-0.2, 0) is 14.8 Å². The molecule has 1 rings (SSSR count). The maximum absolute atomic E-state index is 11.8. The molecule has 1 atom stereocenters. The topological polar surface area (TPSA) is 89.3 Å². The lowest BCUT2D eigenvalue weighted by molar-refractivity contribution is -0.122. The average Bonchev–Trinajstić information content (AvgIpc) is 2.30. The highest BCUT2D eigenvalue weighted by Gasteiger charge is 2.16. The maximum Gasteiger partial charge on any atom is 0.227 e. The molecule has 0 radical (unpaired) electrons. The molecule has 1 aromatic rings. The SMILES string of the molecule is C[C@@H](C(=O)NCCS(N)(=O)=O)c1ccc(Cl)c(Cl)c1. The van der Waals surface area contributed by atoms with Crippen LogP contribution in [0.4, 0.5) is 0 Å². The molecule has 5 nitrogen and oxygen atoms in total. The van der Waals surface area contributed by atoms with Crippen molar-refractivity contribution in [2.24, 2.45) is 5.14 Å². The standard InChI is InChI=1S/C11H14Cl2N2O3S/c1-7(8-2-3-9(12)10(13)6-8)11(16)15-4-5-19(14,17)18/h2-3,6-7H,4-5H2,1H3,(H,15,16)(H2,14,17,18)/t7-/m1/s1. The van der Waals surface area contributed by atoms with Crippen molar-refractivity contribution in [1.29, 1.82) is 0 Å². The quantitative estimate of drug-likeness (QED) is 0.860. The fourth-order valence-electron chi connectivity index (χ4n) is 1.40. The van der Waals surface area contributed by atoms with Gasteiger partial charge in [-0.05, 0) is 24.6 Å². The van der Waals surface area contributed by atoms with E-state index in [1.807, 2.05) is 0 Å². The van der Waals surface area contributed by atoms with Crippen LogP contribution in [0.15, 0.2) is 18.2 Å². The van der Waals surface area contributed by atoms with Gasteiger partial charge in [-0.1, -0.05) is 29.3 Å². The van der Waals surface area contributed by atoms with Crippen LogP contribution < -0.4 is 10.5 Å². The van der Waals surface area contributed by atoms with Gasteiger partial charge in [-0.25, -0.2) is 13.6 Å². The molecule has 0 bridgehead atoms. The van der Waals surface area contributed by atoms with Crippen LogP contribution in [0, 0.1) is 0 Å². The van der Waals surface area contributed by atoms with E-state index in [-0.39, 0.29) is 18.2 Å². The highest BCUT2D eigenvalue weighted by Crippen LogP contribution is 2.26. The molecule has 0 aliphatic rings. The fourth-order valence-corrected chi connectivity index (χ4v) is 2.10. The van der Waals surface area contributed by atoms with Gasteiger partial charge in [-0.3, -0.25) is 4.79 Å². The second-order valence-corrected chi connectivity index (χ2v) is 6.60. The molecule has 19 heavy (non-hydrogen) atoms. The van der Waals surface area contributed by atoms with Gasteiger partial charge in [0.1, 0.15) is 0 Å². The number of halogens is 2. The summed E-state index contributed by atoms with van der Waals surface area (Å²) in [5.74, 6) is -1.07. The van der Waals surface area contributed by atoms with Gasteiger partial charge < -0.3 is 5.32 Å². The van der Waals surface area contributed by atoms with Gasteiger partial charge in [0.05, 0.1) is 21.7 Å². The smallest absolute Gasteiger partial charge is 0.227 e. The van der Waals surface area contributed by atoms with E-state index in [1.165, 1.54) is 0 Å². The molecule has 0 aliphatic carbocycles. The van der Waals surface area contributed by atoms with Gasteiger partial charge in [-0.2, -0.15) is 0 Å². The normalized spacial score (nSPS) is 13.1. The van der Waals surface area contributed by atoms with E-state index in [1.54, 1.807) is 25.1 Å². The molecule has 106 valence electrons. The maximum atomic E-state index is 11.8. The molecular formula is C11H14Cl2N2O3S. The number of carbonyl (C=O) groups excluding carboxylic acids is 1. The van der Waals surface area contributed by atoms with E-state index in [0.29, 0.717) is 15.6 Å². The van der Waals surface area contributed by atoms with E-state index in [9.17, 15) is 13.2 Å². The van der Waals surface area contributed by atoms with Crippen LogP contribution in [0.3, 0.4) is 0 Å². The monoisotopic (exact) mass is 324 g/mol. The Labute approximate surface area is 122 Å². The van der Waals surface area contributed by atoms with E-state index < -0.39 is 15.9 Å². The molecule has 0 unspecified atom stereocenters. The second-order valence-electron chi connectivity index (χ2n) is 4.05. The summed E-state index contributed by atoms with van der Waals surface area (Å²) in [4.78, 5) is 11.8. The minimum atomic E-state index is -3.58. The van der Waals surface area contributed by atoms with Crippen molar-refractivity contribution in [1.82, 2.24) is 5.32 Å². The van der Waals surface area contributed by atoms with Gasteiger partial charge in [0.2, 0.25) is 15.9 Å². The number of sulfonamides is 1. The van der Waals surface area contributed by atoms with E-state index in [4.69, 9.17) is 28.3 Å². The molecule has 0 aromatic heterocycles. The molecular weight excluding hydrogens is 311 g/mol. The zero-order chi connectivity index (χ0) is 14.6. The fraction of sp³-hybridized carbons (Fsp3) is 0.364. The van der Waals surface area contributed by atoms with Gasteiger partial charge in [0, 0.05) is 6.54 Å². The molecule has 0 aliphatic heterocycles. The Morgan fingerprint density at radius 1 is 1.37 bits per heavy atom. The number of hydrogen-bond donors (Lipinski definition) is 2. The molecule has 0 saturated heterocycles. The van der Waals surface area contributed by atoms with Crippen molar-refractivity contribution in [3.63, 3.8) is 0 Å². The predicted molar refractivity (Wildman–Crippen MR) is 75.9 cm³/mol. The highest BCUT2D eigenvalue weighted by molar-refractivity contribution is 7.89. The number of amides is 1. The van der Waals surface area contributed by atoms with E-state index in [2.05, 4.69) is 5.32 Å². The van der Waals surface area contributed by atoms with Crippen LogP contribution >= 0.6 is 23.2 Å². The Balaban J connectivity index is 2.64. The Kier molecular flexibility index (Phi) is 5.61. The van der Waals surface area contributed by atoms with E-state index >= 15 is 0 Å². The number of primary sulfonamides is 1. The molecule has 0 spiro atoms. The van der Waals surface area contributed by atoms with Crippen LogP contribution in [-0.4, -0.2) is 26.6 Å². The molecule has 0 saturated carbocycles. The van der Waals surface area contributed by atoms with Crippen molar-refractivity contribution < 1.29 is 13.2 Å². The second kappa shape index (κ2) is 6.56. The van der Waals surface area contributed by atoms with Crippen LogP contribution in [0.5, 0.6) is 0 Å².